The third-order valence-corrected chi connectivity index (χ3v) is 5.84. The van der Waals surface area contributed by atoms with E-state index >= 15 is 0 Å². The van der Waals surface area contributed by atoms with Gasteiger partial charge in [0.25, 0.3) is 5.91 Å². The van der Waals surface area contributed by atoms with Gasteiger partial charge in [0.15, 0.2) is 11.5 Å². The predicted molar refractivity (Wildman–Crippen MR) is 117 cm³/mol. The smallest absolute Gasteiger partial charge is 0.255 e. The summed E-state index contributed by atoms with van der Waals surface area (Å²) in [5.41, 5.74) is 3.15. The van der Waals surface area contributed by atoms with Crippen molar-refractivity contribution in [2.75, 3.05) is 32.0 Å². The molecule has 0 aliphatic carbocycles. The van der Waals surface area contributed by atoms with Gasteiger partial charge in [-0.15, -0.1) is 0 Å². The highest BCUT2D eigenvalue weighted by Crippen LogP contribution is 2.45. The van der Waals surface area contributed by atoms with Crippen LogP contribution in [-0.2, 0) is 0 Å². The number of nitrogens with one attached hydrogen (secondary N) is 2. The van der Waals surface area contributed by atoms with Gasteiger partial charge >= 0.3 is 0 Å². The third kappa shape index (κ3) is 3.86. The van der Waals surface area contributed by atoms with Crippen molar-refractivity contribution >= 4 is 29.0 Å². The van der Waals surface area contributed by atoms with E-state index in [1.54, 1.807) is 30.1 Å². The molecule has 7 nitrogen and oxygen atoms in total. The van der Waals surface area contributed by atoms with Gasteiger partial charge in [0.05, 0.1) is 27.0 Å². The van der Waals surface area contributed by atoms with E-state index < -0.39 is 0 Å². The molecule has 1 aliphatic heterocycles. The van der Waals surface area contributed by atoms with E-state index in [1.807, 2.05) is 36.4 Å². The van der Waals surface area contributed by atoms with Gasteiger partial charge in [0.2, 0.25) is 5.75 Å². The number of amides is 1. The van der Waals surface area contributed by atoms with Crippen LogP contribution in [0.25, 0.3) is 0 Å². The molecule has 1 aromatic heterocycles. The summed E-state index contributed by atoms with van der Waals surface area (Å²) in [6, 6.07) is 14.9. The molecule has 154 valence electrons. The van der Waals surface area contributed by atoms with E-state index in [4.69, 9.17) is 14.2 Å². The second-order valence-corrected chi connectivity index (χ2v) is 7.59. The first kappa shape index (κ1) is 19.9. The minimum atomic E-state index is -0.275. The second kappa shape index (κ2) is 8.54. The number of benzene rings is 2. The van der Waals surface area contributed by atoms with Gasteiger partial charge in [-0.2, -0.15) is 0 Å². The molecule has 1 atom stereocenters. The third-order valence-electron chi connectivity index (χ3n) is 4.66. The molecule has 3 aromatic rings. The monoisotopic (exact) mass is 423 g/mol. The molecule has 2 aromatic carbocycles. The maximum Gasteiger partial charge on any atom is 0.255 e. The Labute approximate surface area is 178 Å². The van der Waals surface area contributed by atoms with Crippen molar-refractivity contribution in [3.63, 3.8) is 0 Å². The molecule has 0 saturated carbocycles. The Bertz CT molecular complexity index is 1040. The lowest BCUT2D eigenvalue weighted by molar-refractivity contribution is 0.102. The van der Waals surface area contributed by atoms with Crippen LogP contribution in [0.15, 0.2) is 59.8 Å². The molecule has 0 fully saturated rings. The lowest BCUT2D eigenvalue weighted by Crippen LogP contribution is -2.13. The van der Waals surface area contributed by atoms with Gasteiger partial charge in [-0.25, -0.2) is 4.98 Å². The number of thioether (sulfide) groups is 1. The first-order valence-electron chi connectivity index (χ1n) is 9.22. The number of fused-ring (bicyclic) bond motifs is 1. The molecule has 0 spiro atoms. The van der Waals surface area contributed by atoms with Gasteiger partial charge in [0.1, 0.15) is 10.4 Å². The maximum absolute atomic E-state index is 12.9. The van der Waals surface area contributed by atoms with Crippen LogP contribution in [0.1, 0.15) is 21.3 Å². The summed E-state index contributed by atoms with van der Waals surface area (Å²) in [4.78, 5) is 17.3. The first-order chi connectivity index (χ1) is 14.6. The summed E-state index contributed by atoms with van der Waals surface area (Å²) in [6.07, 6.45) is 1.78. The number of methoxy groups -OCH3 is 3. The van der Waals surface area contributed by atoms with Crippen molar-refractivity contribution < 1.29 is 19.0 Å². The summed E-state index contributed by atoms with van der Waals surface area (Å²) < 4.78 is 16.0. The van der Waals surface area contributed by atoms with Crippen LogP contribution >= 0.6 is 11.8 Å². The average Bonchev–Trinajstić information content (AvgIpc) is 3.22. The summed E-state index contributed by atoms with van der Waals surface area (Å²) in [7, 11) is 4.55. The zero-order valence-electron chi connectivity index (χ0n) is 16.8. The molecule has 4 rings (SSSR count). The highest BCUT2D eigenvalue weighted by molar-refractivity contribution is 8.00. The fourth-order valence-electron chi connectivity index (χ4n) is 3.22. The minimum Gasteiger partial charge on any atom is -0.493 e. The number of nitrogens with zero attached hydrogens (tertiary/aromatic N) is 1. The summed E-state index contributed by atoms with van der Waals surface area (Å²) in [5.74, 6) is 1.01. The van der Waals surface area contributed by atoms with E-state index in [9.17, 15) is 4.79 Å². The Kier molecular flexibility index (Phi) is 5.67. The van der Waals surface area contributed by atoms with Crippen LogP contribution in [0.3, 0.4) is 0 Å². The first-order valence-corrected chi connectivity index (χ1v) is 10.1. The molecule has 1 amide bonds. The van der Waals surface area contributed by atoms with Crippen molar-refractivity contribution in [2.24, 2.45) is 0 Å². The standard InChI is InChI=1S/C22H21N3O4S/c1-27-17-11-14(12-18(28-2)19(17)29-3)20(26)24-15-7-4-6-13(10-15)21-25-16-8-5-9-23-22(16)30-21/h4-12,21,25H,1-3H3,(H,24,26). The van der Waals surface area contributed by atoms with Crippen molar-refractivity contribution in [3.8, 4) is 17.2 Å². The molecular formula is C22H21N3O4S. The van der Waals surface area contributed by atoms with Gasteiger partial charge in [-0.05, 0) is 42.0 Å². The van der Waals surface area contributed by atoms with Gasteiger partial charge in [-0.1, -0.05) is 23.9 Å². The van der Waals surface area contributed by atoms with Crippen LogP contribution in [0.4, 0.5) is 11.4 Å². The SMILES string of the molecule is COc1cc(C(=O)Nc2cccc(C3Nc4cccnc4S3)c2)cc(OC)c1OC. The lowest BCUT2D eigenvalue weighted by Gasteiger charge is -2.15. The topological polar surface area (TPSA) is 81.7 Å². The number of carbonyl (C=O) groups is 1. The normalized spacial score (nSPS) is 14.4. The number of pyridine rings is 1. The van der Waals surface area contributed by atoms with Crippen LogP contribution in [0.2, 0.25) is 0 Å². The van der Waals surface area contributed by atoms with E-state index in [0.717, 1.165) is 16.3 Å². The van der Waals surface area contributed by atoms with Gasteiger partial charge in [-0.3, -0.25) is 4.79 Å². The average molecular weight is 423 g/mol. The second-order valence-electron chi connectivity index (χ2n) is 6.49. The van der Waals surface area contributed by atoms with Crippen LogP contribution < -0.4 is 24.8 Å². The highest BCUT2D eigenvalue weighted by atomic mass is 32.2. The largest absolute Gasteiger partial charge is 0.493 e. The number of carbonyl (C=O) groups excluding carboxylic acids is 1. The van der Waals surface area contributed by atoms with E-state index in [-0.39, 0.29) is 11.3 Å². The predicted octanol–water partition coefficient (Wildman–Crippen LogP) is 4.58. The van der Waals surface area contributed by atoms with Crippen molar-refractivity contribution in [2.45, 2.75) is 10.4 Å². The Balaban J connectivity index is 1.54. The van der Waals surface area contributed by atoms with Crippen molar-refractivity contribution in [1.82, 2.24) is 4.98 Å². The molecule has 0 bridgehead atoms. The zero-order chi connectivity index (χ0) is 21.1. The molecule has 2 N–H and O–H groups in total. The Morgan fingerprint density at radius 2 is 1.80 bits per heavy atom. The number of anilines is 2. The van der Waals surface area contributed by atoms with Crippen molar-refractivity contribution in [1.29, 1.82) is 0 Å². The molecule has 2 heterocycles. The molecule has 1 unspecified atom stereocenters. The van der Waals surface area contributed by atoms with Gasteiger partial charge < -0.3 is 24.8 Å². The zero-order valence-corrected chi connectivity index (χ0v) is 17.6. The molecule has 0 saturated heterocycles. The van der Waals surface area contributed by atoms with E-state index in [0.29, 0.717) is 28.5 Å². The molecule has 0 radical (unpaired) electrons. The number of rotatable bonds is 6. The number of aromatic nitrogens is 1. The molecule has 30 heavy (non-hydrogen) atoms. The fourth-order valence-corrected chi connectivity index (χ4v) is 4.29. The molecule has 1 aliphatic rings. The lowest BCUT2D eigenvalue weighted by atomic mass is 10.1. The summed E-state index contributed by atoms with van der Waals surface area (Å²) in [5, 5.41) is 7.39. The quantitative estimate of drug-likeness (QED) is 0.601. The maximum atomic E-state index is 12.9. The van der Waals surface area contributed by atoms with Crippen LogP contribution in [0, 0.1) is 0 Å². The van der Waals surface area contributed by atoms with E-state index in [1.165, 1.54) is 21.3 Å². The van der Waals surface area contributed by atoms with Crippen LogP contribution in [0.5, 0.6) is 17.2 Å². The number of ether oxygens (including phenoxy) is 3. The minimum absolute atomic E-state index is 0.0351. The van der Waals surface area contributed by atoms with E-state index in [2.05, 4.69) is 15.6 Å². The van der Waals surface area contributed by atoms with Gasteiger partial charge in [0, 0.05) is 17.4 Å². The van der Waals surface area contributed by atoms with Crippen molar-refractivity contribution in [3.05, 3.63) is 65.9 Å². The number of hydrogen-bond acceptors (Lipinski definition) is 7. The Morgan fingerprint density at radius 3 is 2.47 bits per heavy atom. The molecule has 8 heteroatoms. The highest BCUT2D eigenvalue weighted by Gasteiger charge is 2.24. The summed E-state index contributed by atoms with van der Waals surface area (Å²) in [6.45, 7) is 0. The molecular weight excluding hydrogens is 402 g/mol. The Hall–Kier alpha value is -3.39. The fraction of sp³-hybridized carbons (Fsp3) is 0.182. The van der Waals surface area contributed by atoms with Crippen LogP contribution in [-0.4, -0.2) is 32.2 Å². The Morgan fingerprint density at radius 1 is 1.03 bits per heavy atom. The summed E-state index contributed by atoms with van der Waals surface area (Å²) >= 11 is 1.65. The number of hydrogen-bond donors (Lipinski definition) is 2.